The first-order valence-corrected chi connectivity index (χ1v) is 9.77. The lowest BCUT2D eigenvalue weighted by Crippen LogP contribution is -2.15. The van der Waals surface area contributed by atoms with Crippen molar-refractivity contribution in [3.8, 4) is 22.8 Å². The van der Waals surface area contributed by atoms with Crippen molar-refractivity contribution in [3.05, 3.63) is 46.0 Å². The number of carbonyl (C=O) groups excluding carboxylic acids is 1. The normalized spacial score (nSPS) is 12.8. The summed E-state index contributed by atoms with van der Waals surface area (Å²) in [5.74, 6) is 1.47. The van der Waals surface area contributed by atoms with Crippen LogP contribution in [0.15, 0.2) is 40.4 Å². The third-order valence-corrected chi connectivity index (χ3v) is 5.30. The molecule has 1 aliphatic heterocycles. The van der Waals surface area contributed by atoms with E-state index < -0.39 is 0 Å². The Morgan fingerprint density at radius 3 is 2.88 bits per heavy atom. The maximum atomic E-state index is 12.1. The zero-order valence-corrected chi connectivity index (χ0v) is 15.0. The first kappa shape index (κ1) is 16.1. The van der Waals surface area contributed by atoms with Crippen LogP contribution in [0.2, 0.25) is 0 Å². The van der Waals surface area contributed by atoms with Crippen molar-refractivity contribution in [2.45, 2.75) is 12.8 Å². The minimum absolute atomic E-state index is 0.0192. The minimum Gasteiger partial charge on any atom is -0.486 e. The first-order chi connectivity index (χ1) is 12.3. The quantitative estimate of drug-likeness (QED) is 0.729. The molecule has 0 fully saturated rings. The van der Waals surface area contributed by atoms with Gasteiger partial charge in [0.05, 0.1) is 5.69 Å². The van der Waals surface area contributed by atoms with Crippen molar-refractivity contribution in [1.29, 1.82) is 0 Å². The third kappa shape index (κ3) is 3.83. The van der Waals surface area contributed by atoms with E-state index in [0.29, 0.717) is 24.8 Å². The van der Waals surface area contributed by atoms with E-state index in [2.05, 4.69) is 15.7 Å². The highest BCUT2D eigenvalue weighted by Gasteiger charge is 2.14. The van der Waals surface area contributed by atoms with Crippen molar-refractivity contribution in [1.82, 2.24) is 4.98 Å². The van der Waals surface area contributed by atoms with Gasteiger partial charge in [-0.15, -0.1) is 11.3 Å². The third-order valence-electron chi connectivity index (χ3n) is 3.81. The van der Waals surface area contributed by atoms with Gasteiger partial charge < -0.3 is 14.8 Å². The molecule has 3 heterocycles. The minimum atomic E-state index is -0.0192. The second kappa shape index (κ2) is 7.25. The van der Waals surface area contributed by atoms with Gasteiger partial charge in [0.15, 0.2) is 16.6 Å². The van der Waals surface area contributed by atoms with Gasteiger partial charge in [0.25, 0.3) is 0 Å². The van der Waals surface area contributed by atoms with E-state index in [1.54, 1.807) is 11.3 Å². The molecular formula is C18H16N2O3S2. The van der Waals surface area contributed by atoms with Gasteiger partial charge in [-0.05, 0) is 47.0 Å². The molecule has 1 N–H and O–H groups in total. The number of benzene rings is 1. The number of anilines is 1. The van der Waals surface area contributed by atoms with Gasteiger partial charge in [-0.2, -0.15) is 11.3 Å². The topological polar surface area (TPSA) is 60.5 Å². The number of amides is 1. The summed E-state index contributed by atoms with van der Waals surface area (Å²) in [5, 5.41) is 9.50. The Hall–Kier alpha value is -2.38. The molecular weight excluding hydrogens is 356 g/mol. The van der Waals surface area contributed by atoms with Gasteiger partial charge in [0.2, 0.25) is 5.91 Å². The van der Waals surface area contributed by atoms with E-state index in [9.17, 15) is 4.79 Å². The number of fused-ring (bicyclic) bond motifs is 1. The molecule has 0 bridgehead atoms. The molecule has 0 unspecified atom stereocenters. The van der Waals surface area contributed by atoms with Gasteiger partial charge in [-0.25, -0.2) is 4.98 Å². The summed E-state index contributed by atoms with van der Waals surface area (Å²) in [5.41, 5.74) is 2.95. The van der Waals surface area contributed by atoms with Crippen molar-refractivity contribution in [2.24, 2.45) is 0 Å². The predicted molar refractivity (Wildman–Crippen MR) is 99.8 cm³/mol. The van der Waals surface area contributed by atoms with Crippen LogP contribution in [-0.2, 0) is 11.2 Å². The fourth-order valence-corrected chi connectivity index (χ4v) is 3.98. The summed E-state index contributed by atoms with van der Waals surface area (Å²) in [4.78, 5) is 16.6. The van der Waals surface area contributed by atoms with Crippen LogP contribution >= 0.6 is 22.7 Å². The van der Waals surface area contributed by atoms with E-state index in [0.717, 1.165) is 29.2 Å². The largest absolute Gasteiger partial charge is 0.486 e. The molecule has 0 atom stereocenters. The summed E-state index contributed by atoms with van der Waals surface area (Å²) < 4.78 is 11.1. The molecule has 1 amide bonds. The van der Waals surface area contributed by atoms with Gasteiger partial charge in [-0.1, -0.05) is 0 Å². The maximum Gasteiger partial charge on any atom is 0.226 e. The van der Waals surface area contributed by atoms with Crippen molar-refractivity contribution in [3.63, 3.8) is 0 Å². The van der Waals surface area contributed by atoms with Gasteiger partial charge in [0.1, 0.15) is 13.2 Å². The predicted octanol–water partition coefficient (Wildman–Crippen LogP) is 4.21. The number of aryl methyl sites for hydroxylation is 1. The summed E-state index contributed by atoms with van der Waals surface area (Å²) in [7, 11) is 0. The average Bonchev–Trinajstić information content (AvgIpc) is 3.31. The number of rotatable bonds is 5. The van der Waals surface area contributed by atoms with E-state index >= 15 is 0 Å². The van der Waals surface area contributed by atoms with Crippen LogP contribution in [0.1, 0.15) is 12.0 Å². The Balaban J connectivity index is 1.40. The van der Waals surface area contributed by atoms with Crippen LogP contribution in [0.25, 0.3) is 11.3 Å². The SMILES string of the molecule is O=C(CCc1ccsc1)Nc1nc(-c2ccc3c(c2)OCCO3)cs1. The highest BCUT2D eigenvalue weighted by Crippen LogP contribution is 2.35. The molecule has 0 saturated heterocycles. The van der Waals surface area contributed by atoms with Crippen LogP contribution in [0.4, 0.5) is 5.13 Å². The Labute approximate surface area is 153 Å². The zero-order chi connectivity index (χ0) is 17.1. The number of carbonyl (C=O) groups is 1. The van der Waals surface area contributed by atoms with Crippen LogP contribution in [0, 0.1) is 0 Å². The first-order valence-electron chi connectivity index (χ1n) is 7.94. The second-order valence-electron chi connectivity index (χ2n) is 5.58. The summed E-state index contributed by atoms with van der Waals surface area (Å²) in [6, 6.07) is 7.81. The number of hydrogen-bond donors (Lipinski definition) is 1. The molecule has 0 aliphatic carbocycles. The lowest BCUT2D eigenvalue weighted by Gasteiger charge is -2.18. The van der Waals surface area contributed by atoms with Gasteiger partial charge >= 0.3 is 0 Å². The summed E-state index contributed by atoms with van der Waals surface area (Å²) in [6.07, 6.45) is 1.20. The van der Waals surface area contributed by atoms with Gasteiger partial charge in [-0.3, -0.25) is 4.79 Å². The number of aromatic nitrogens is 1. The van der Waals surface area contributed by atoms with Crippen LogP contribution in [-0.4, -0.2) is 24.1 Å². The molecule has 7 heteroatoms. The molecule has 128 valence electrons. The second-order valence-corrected chi connectivity index (χ2v) is 7.21. The van der Waals surface area contributed by atoms with Crippen LogP contribution in [0.5, 0.6) is 11.5 Å². The van der Waals surface area contributed by atoms with E-state index in [1.165, 1.54) is 16.9 Å². The highest BCUT2D eigenvalue weighted by atomic mass is 32.1. The van der Waals surface area contributed by atoms with Crippen LogP contribution in [0.3, 0.4) is 0 Å². The molecule has 0 radical (unpaired) electrons. The fourth-order valence-electron chi connectivity index (χ4n) is 2.54. The molecule has 1 aromatic carbocycles. The zero-order valence-electron chi connectivity index (χ0n) is 13.4. The van der Waals surface area contributed by atoms with E-state index in [1.807, 2.05) is 35.0 Å². The lowest BCUT2D eigenvalue weighted by atomic mass is 10.1. The molecule has 3 aromatic rings. The number of thiazole rings is 1. The number of ether oxygens (including phenoxy) is 2. The van der Waals surface area contributed by atoms with Gasteiger partial charge in [0, 0.05) is 17.4 Å². The van der Waals surface area contributed by atoms with Crippen molar-refractivity contribution < 1.29 is 14.3 Å². The maximum absolute atomic E-state index is 12.1. The standard InChI is InChI=1S/C18H16N2O3S2/c21-17(4-1-12-5-8-24-10-12)20-18-19-14(11-25-18)13-2-3-15-16(9-13)23-7-6-22-15/h2-3,5,8-11H,1,4,6-7H2,(H,19,20,21). The molecule has 5 nitrogen and oxygen atoms in total. The Kier molecular flexibility index (Phi) is 4.67. The number of hydrogen-bond acceptors (Lipinski definition) is 6. The summed E-state index contributed by atoms with van der Waals surface area (Å²) >= 11 is 3.07. The lowest BCUT2D eigenvalue weighted by molar-refractivity contribution is -0.116. The van der Waals surface area contributed by atoms with Crippen LogP contribution < -0.4 is 14.8 Å². The Bertz CT molecular complexity index is 874. The Morgan fingerprint density at radius 1 is 1.16 bits per heavy atom. The molecule has 0 saturated carbocycles. The molecule has 25 heavy (non-hydrogen) atoms. The monoisotopic (exact) mass is 372 g/mol. The molecule has 1 aliphatic rings. The van der Waals surface area contributed by atoms with Crippen molar-refractivity contribution in [2.75, 3.05) is 18.5 Å². The average molecular weight is 372 g/mol. The van der Waals surface area contributed by atoms with E-state index in [-0.39, 0.29) is 5.91 Å². The summed E-state index contributed by atoms with van der Waals surface area (Å²) in [6.45, 7) is 1.13. The van der Waals surface area contributed by atoms with Crippen molar-refractivity contribution >= 4 is 33.7 Å². The highest BCUT2D eigenvalue weighted by molar-refractivity contribution is 7.14. The fraction of sp³-hybridized carbons (Fsp3) is 0.222. The number of thiophene rings is 1. The Morgan fingerprint density at radius 2 is 2.04 bits per heavy atom. The number of nitrogens with zero attached hydrogens (tertiary/aromatic N) is 1. The molecule has 2 aromatic heterocycles. The molecule has 0 spiro atoms. The molecule has 4 rings (SSSR count). The smallest absolute Gasteiger partial charge is 0.226 e. The number of nitrogens with one attached hydrogen (secondary N) is 1. The van der Waals surface area contributed by atoms with E-state index in [4.69, 9.17) is 9.47 Å².